The number of piperazine rings is 1. The van der Waals surface area contributed by atoms with Gasteiger partial charge in [-0.25, -0.2) is 8.42 Å². The molecule has 0 saturated carbocycles. The molecule has 0 bridgehead atoms. The second kappa shape index (κ2) is 8.00. The summed E-state index contributed by atoms with van der Waals surface area (Å²) in [6.07, 6.45) is -2.48. The van der Waals surface area contributed by atoms with Gasteiger partial charge in [0, 0.05) is 39.3 Å². The highest BCUT2D eigenvalue weighted by molar-refractivity contribution is 7.89. The second-order valence-corrected chi connectivity index (χ2v) is 9.11. The van der Waals surface area contributed by atoms with E-state index < -0.39 is 21.8 Å². The highest BCUT2D eigenvalue weighted by Gasteiger charge is 2.35. The summed E-state index contributed by atoms with van der Waals surface area (Å²) < 4.78 is 64.7. The van der Waals surface area contributed by atoms with Crippen molar-refractivity contribution in [2.45, 2.75) is 36.9 Å². The highest BCUT2D eigenvalue weighted by Crippen LogP contribution is 2.30. The third-order valence-electron chi connectivity index (χ3n) is 5.42. The molecule has 0 aromatic heterocycles. The van der Waals surface area contributed by atoms with Crippen LogP contribution in [-0.2, 0) is 21.0 Å². The lowest BCUT2D eigenvalue weighted by Gasteiger charge is -2.37. The molecule has 0 radical (unpaired) electrons. The van der Waals surface area contributed by atoms with Gasteiger partial charge in [-0.1, -0.05) is 0 Å². The molecule has 2 aliphatic heterocycles. The molecule has 1 amide bonds. The number of carbonyl (C=O) groups is 1. The van der Waals surface area contributed by atoms with Crippen LogP contribution in [0.1, 0.15) is 25.3 Å². The van der Waals surface area contributed by atoms with Crippen LogP contribution < -0.4 is 0 Å². The average Bonchev–Trinajstić information content (AvgIpc) is 3.21. The third kappa shape index (κ3) is 4.33. The summed E-state index contributed by atoms with van der Waals surface area (Å²) in [5, 5.41) is 0. The van der Waals surface area contributed by atoms with Gasteiger partial charge in [-0.2, -0.15) is 17.5 Å². The Hall–Kier alpha value is -1.65. The molecular formula is C18H24F3N3O3S. The van der Waals surface area contributed by atoms with E-state index in [4.69, 9.17) is 0 Å². The van der Waals surface area contributed by atoms with E-state index in [0.29, 0.717) is 13.1 Å². The molecule has 2 fully saturated rings. The van der Waals surface area contributed by atoms with Crippen LogP contribution in [0.3, 0.4) is 0 Å². The van der Waals surface area contributed by atoms with Crippen LogP contribution in [-0.4, -0.2) is 73.7 Å². The van der Waals surface area contributed by atoms with E-state index in [1.807, 2.05) is 16.7 Å². The fourth-order valence-electron chi connectivity index (χ4n) is 3.65. The third-order valence-corrected chi connectivity index (χ3v) is 7.33. The van der Waals surface area contributed by atoms with Crippen LogP contribution in [0.15, 0.2) is 29.2 Å². The Morgan fingerprint density at radius 3 is 2.00 bits per heavy atom. The smallest absolute Gasteiger partial charge is 0.341 e. The van der Waals surface area contributed by atoms with Gasteiger partial charge >= 0.3 is 6.18 Å². The van der Waals surface area contributed by atoms with Crippen LogP contribution in [0.5, 0.6) is 0 Å². The summed E-state index contributed by atoms with van der Waals surface area (Å²) in [6, 6.07) is 3.22. The van der Waals surface area contributed by atoms with Gasteiger partial charge in [0.05, 0.1) is 16.5 Å². The van der Waals surface area contributed by atoms with Crippen LogP contribution in [0.2, 0.25) is 0 Å². The number of carbonyl (C=O) groups excluding carboxylic acids is 1. The van der Waals surface area contributed by atoms with Crippen molar-refractivity contribution in [2.75, 3.05) is 39.3 Å². The molecule has 1 atom stereocenters. The van der Waals surface area contributed by atoms with Crippen molar-refractivity contribution in [3.8, 4) is 0 Å². The van der Waals surface area contributed by atoms with Gasteiger partial charge in [-0.05, 0) is 44.0 Å². The molecule has 2 aliphatic rings. The van der Waals surface area contributed by atoms with Crippen molar-refractivity contribution < 1.29 is 26.4 Å². The zero-order chi connectivity index (χ0) is 20.5. The number of nitrogens with zero attached hydrogens (tertiary/aromatic N) is 3. The van der Waals surface area contributed by atoms with Crippen molar-refractivity contribution >= 4 is 15.9 Å². The second-order valence-electron chi connectivity index (χ2n) is 7.17. The maximum absolute atomic E-state index is 12.7. The van der Waals surface area contributed by atoms with Crippen molar-refractivity contribution in [2.24, 2.45) is 0 Å². The first-order valence-corrected chi connectivity index (χ1v) is 10.7. The van der Waals surface area contributed by atoms with Crippen LogP contribution in [0.25, 0.3) is 0 Å². The summed E-state index contributed by atoms with van der Waals surface area (Å²) in [5.74, 6) is 0.0662. The number of likely N-dealkylation sites (tertiary alicyclic amines) is 1. The number of sulfonamides is 1. The minimum absolute atomic E-state index is 0.0662. The molecule has 28 heavy (non-hydrogen) atoms. The van der Waals surface area contributed by atoms with Crippen LogP contribution >= 0.6 is 0 Å². The summed E-state index contributed by atoms with van der Waals surface area (Å²) in [5.41, 5.74) is -0.884. The Balaban J connectivity index is 1.62. The lowest BCUT2D eigenvalue weighted by Crippen LogP contribution is -2.55. The van der Waals surface area contributed by atoms with E-state index in [1.165, 1.54) is 4.31 Å². The minimum Gasteiger partial charge on any atom is -0.341 e. The zero-order valence-corrected chi connectivity index (χ0v) is 16.5. The largest absolute Gasteiger partial charge is 0.416 e. The standard InChI is InChI=1S/C18H24F3N3O3S/c1-14(17(25)23-8-2-3-9-23)22-10-12-24(13-11-22)28(26,27)16-6-4-15(5-7-16)18(19,20)21/h4-7,14H,2-3,8-13H2,1H3/t14-/m1/s1. The molecule has 156 valence electrons. The monoisotopic (exact) mass is 419 g/mol. The molecule has 2 saturated heterocycles. The van der Waals surface area contributed by atoms with Crippen molar-refractivity contribution in [1.29, 1.82) is 0 Å². The molecule has 2 heterocycles. The SMILES string of the molecule is C[C@H](C(=O)N1CCCC1)N1CCN(S(=O)(=O)c2ccc(C(F)(F)F)cc2)CC1. The number of rotatable bonds is 4. The van der Waals surface area contributed by atoms with Crippen molar-refractivity contribution in [3.05, 3.63) is 29.8 Å². The van der Waals surface area contributed by atoms with Gasteiger partial charge in [-0.3, -0.25) is 9.69 Å². The van der Waals surface area contributed by atoms with Crippen LogP contribution in [0, 0.1) is 0 Å². The molecule has 6 nitrogen and oxygen atoms in total. The molecule has 0 spiro atoms. The summed E-state index contributed by atoms with van der Waals surface area (Å²) in [7, 11) is -3.87. The van der Waals surface area contributed by atoms with Crippen LogP contribution in [0.4, 0.5) is 13.2 Å². The first-order chi connectivity index (χ1) is 13.1. The average molecular weight is 419 g/mol. The van der Waals surface area contributed by atoms with Gasteiger partial charge in [0.1, 0.15) is 0 Å². The Bertz CT molecular complexity index is 798. The predicted molar refractivity (Wildman–Crippen MR) is 97.1 cm³/mol. The van der Waals surface area contributed by atoms with Gasteiger partial charge < -0.3 is 4.90 Å². The number of hydrogen-bond donors (Lipinski definition) is 0. The number of halogens is 3. The number of alkyl halides is 3. The normalized spacial score (nSPS) is 21.1. The van der Waals surface area contributed by atoms with Gasteiger partial charge in [0.15, 0.2) is 0 Å². The topological polar surface area (TPSA) is 60.9 Å². The molecule has 0 aliphatic carbocycles. The molecule has 3 rings (SSSR count). The lowest BCUT2D eigenvalue weighted by atomic mass is 10.2. The maximum atomic E-state index is 12.7. The lowest BCUT2D eigenvalue weighted by molar-refractivity contribution is -0.137. The fourth-order valence-corrected chi connectivity index (χ4v) is 5.08. The molecule has 1 aromatic rings. The van der Waals surface area contributed by atoms with E-state index in [2.05, 4.69) is 0 Å². The first kappa shape index (κ1) is 21.1. The first-order valence-electron chi connectivity index (χ1n) is 9.31. The van der Waals surface area contributed by atoms with Gasteiger partial charge in [-0.15, -0.1) is 0 Å². The molecule has 10 heteroatoms. The van der Waals surface area contributed by atoms with Crippen molar-refractivity contribution in [3.63, 3.8) is 0 Å². The van der Waals surface area contributed by atoms with Crippen molar-refractivity contribution in [1.82, 2.24) is 14.1 Å². The maximum Gasteiger partial charge on any atom is 0.416 e. The Labute approximate surface area is 162 Å². The highest BCUT2D eigenvalue weighted by atomic mass is 32.2. The summed E-state index contributed by atoms with van der Waals surface area (Å²) in [4.78, 5) is 16.2. The van der Waals surface area contributed by atoms with E-state index in [0.717, 1.165) is 50.2 Å². The summed E-state index contributed by atoms with van der Waals surface area (Å²) in [6.45, 7) is 4.57. The molecule has 0 N–H and O–H groups in total. The molecule has 0 unspecified atom stereocenters. The number of amides is 1. The molecule has 1 aromatic carbocycles. The number of benzene rings is 1. The molecular weight excluding hydrogens is 395 g/mol. The quantitative estimate of drug-likeness (QED) is 0.749. The summed E-state index contributed by atoms with van der Waals surface area (Å²) >= 11 is 0. The zero-order valence-electron chi connectivity index (χ0n) is 15.7. The Kier molecular flexibility index (Phi) is 6.02. The minimum atomic E-state index is -4.51. The van der Waals surface area contributed by atoms with E-state index in [9.17, 15) is 26.4 Å². The van der Waals surface area contributed by atoms with E-state index in [1.54, 1.807) is 0 Å². The van der Waals surface area contributed by atoms with E-state index >= 15 is 0 Å². The Morgan fingerprint density at radius 1 is 0.964 bits per heavy atom. The van der Waals surface area contributed by atoms with E-state index in [-0.39, 0.29) is 29.9 Å². The predicted octanol–water partition coefficient (Wildman–Crippen LogP) is 2.02. The fraction of sp³-hybridized carbons (Fsp3) is 0.611. The number of hydrogen-bond acceptors (Lipinski definition) is 4. The van der Waals surface area contributed by atoms with Gasteiger partial charge in [0.2, 0.25) is 15.9 Å². The Morgan fingerprint density at radius 2 is 1.50 bits per heavy atom. The van der Waals surface area contributed by atoms with Gasteiger partial charge in [0.25, 0.3) is 0 Å².